The first-order valence-electron chi connectivity index (χ1n) is 8.21. The SMILES string of the molecule is CC1(C)OB(c2cccc(OCc3c(F)cccc3Cl)c2)OC1(C)C. The summed E-state index contributed by atoms with van der Waals surface area (Å²) in [6.07, 6.45) is 0. The third-order valence-electron chi connectivity index (χ3n) is 4.83. The lowest BCUT2D eigenvalue weighted by molar-refractivity contribution is 0.00578. The van der Waals surface area contributed by atoms with Crippen LogP contribution in [0.3, 0.4) is 0 Å². The summed E-state index contributed by atoms with van der Waals surface area (Å²) in [5.41, 5.74) is 0.380. The van der Waals surface area contributed by atoms with Crippen molar-refractivity contribution in [2.75, 3.05) is 0 Å². The minimum Gasteiger partial charge on any atom is -0.489 e. The fraction of sp³-hybridized carbons (Fsp3) is 0.368. The molecule has 0 aromatic heterocycles. The summed E-state index contributed by atoms with van der Waals surface area (Å²) in [7, 11) is -0.467. The van der Waals surface area contributed by atoms with Crippen LogP contribution in [-0.4, -0.2) is 18.3 Å². The lowest BCUT2D eigenvalue weighted by Crippen LogP contribution is -2.41. The van der Waals surface area contributed by atoms with Crippen molar-refractivity contribution in [2.45, 2.75) is 45.5 Å². The molecule has 0 amide bonds. The second kappa shape index (κ2) is 6.63. The van der Waals surface area contributed by atoms with Crippen molar-refractivity contribution in [3.05, 3.63) is 58.9 Å². The summed E-state index contributed by atoms with van der Waals surface area (Å²) in [5.74, 6) is 0.223. The first-order valence-corrected chi connectivity index (χ1v) is 8.59. The Hall–Kier alpha value is -1.56. The van der Waals surface area contributed by atoms with Gasteiger partial charge in [0.1, 0.15) is 18.2 Å². The van der Waals surface area contributed by atoms with Gasteiger partial charge >= 0.3 is 7.12 Å². The van der Waals surface area contributed by atoms with Crippen LogP contribution in [0.1, 0.15) is 33.3 Å². The number of hydrogen-bond donors (Lipinski definition) is 0. The lowest BCUT2D eigenvalue weighted by Gasteiger charge is -2.32. The van der Waals surface area contributed by atoms with E-state index in [-0.39, 0.29) is 12.4 Å². The molecule has 0 N–H and O–H groups in total. The maximum Gasteiger partial charge on any atom is 0.494 e. The molecule has 0 atom stereocenters. The van der Waals surface area contributed by atoms with E-state index in [9.17, 15) is 4.39 Å². The van der Waals surface area contributed by atoms with Crippen LogP contribution >= 0.6 is 11.6 Å². The van der Waals surface area contributed by atoms with Crippen LogP contribution in [0.5, 0.6) is 5.75 Å². The molecule has 3 rings (SSSR count). The van der Waals surface area contributed by atoms with Crippen LogP contribution in [0, 0.1) is 5.82 Å². The molecule has 2 aromatic carbocycles. The summed E-state index contributed by atoms with van der Waals surface area (Å²) in [6, 6.07) is 12.0. The molecule has 0 radical (unpaired) electrons. The normalized spacial score (nSPS) is 18.4. The molecule has 25 heavy (non-hydrogen) atoms. The van der Waals surface area contributed by atoms with Crippen molar-refractivity contribution in [1.82, 2.24) is 0 Å². The smallest absolute Gasteiger partial charge is 0.489 e. The molecule has 0 aliphatic carbocycles. The fourth-order valence-electron chi connectivity index (χ4n) is 2.56. The molecule has 0 unspecified atom stereocenters. The maximum atomic E-state index is 13.8. The first-order chi connectivity index (χ1) is 11.7. The molecule has 0 saturated carbocycles. The molecular weight excluding hydrogens is 341 g/mol. The quantitative estimate of drug-likeness (QED) is 0.757. The summed E-state index contributed by atoms with van der Waals surface area (Å²) in [5, 5.41) is 0.349. The van der Waals surface area contributed by atoms with Crippen molar-refractivity contribution in [1.29, 1.82) is 0 Å². The van der Waals surface area contributed by atoms with Gasteiger partial charge in [0.05, 0.1) is 16.2 Å². The van der Waals surface area contributed by atoms with E-state index in [1.54, 1.807) is 12.1 Å². The lowest BCUT2D eigenvalue weighted by atomic mass is 9.79. The van der Waals surface area contributed by atoms with E-state index >= 15 is 0 Å². The van der Waals surface area contributed by atoms with E-state index in [2.05, 4.69) is 0 Å². The maximum absolute atomic E-state index is 13.8. The Bertz CT molecular complexity index is 743. The molecule has 1 heterocycles. The van der Waals surface area contributed by atoms with Crippen molar-refractivity contribution in [3.8, 4) is 5.75 Å². The number of halogens is 2. The standard InChI is InChI=1S/C19H21BClFO3/c1-18(2)19(3,4)25-20(24-18)13-7-5-8-14(11-13)23-12-15-16(21)9-6-10-17(15)22/h5-11H,12H2,1-4H3. The fourth-order valence-corrected chi connectivity index (χ4v) is 2.77. The molecule has 1 aliphatic rings. The Balaban J connectivity index is 1.75. The third-order valence-corrected chi connectivity index (χ3v) is 5.18. The molecule has 0 bridgehead atoms. The van der Waals surface area contributed by atoms with Gasteiger partial charge < -0.3 is 14.0 Å². The Labute approximate surface area is 153 Å². The number of benzene rings is 2. The van der Waals surface area contributed by atoms with E-state index in [4.69, 9.17) is 25.6 Å². The monoisotopic (exact) mass is 362 g/mol. The van der Waals surface area contributed by atoms with Gasteiger partial charge in [-0.2, -0.15) is 0 Å². The molecule has 0 spiro atoms. The average molecular weight is 363 g/mol. The number of ether oxygens (including phenoxy) is 1. The first kappa shape index (κ1) is 18.2. The Morgan fingerprint density at radius 1 is 1.04 bits per heavy atom. The van der Waals surface area contributed by atoms with Gasteiger partial charge in [-0.25, -0.2) is 4.39 Å². The van der Waals surface area contributed by atoms with E-state index in [0.29, 0.717) is 16.3 Å². The number of hydrogen-bond acceptors (Lipinski definition) is 3. The molecule has 1 saturated heterocycles. The van der Waals surface area contributed by atoms with Gasteiger partial charge in [0.2, 0.25) is 0 Å². The highest BCUT2D eigenvalue weighted by molar-refractivity contribution is 6.62. The van der Waals surface area contributed by atoms with Crippen molar-refractivity contribution < 1.29 is 18.4 Å². The van der Waals surface area contributed by atoms with Crippen molar-refractivity contribution in [3.63, 3.8) is 0 Å². The largest absolute Gasteiger partial charge is 0.494 e. The Morgan fingerprint density at radius 3 is 2.32 bits per heavy atom. The van der Waals surface area contributed by atoms with Crippen LogP contribution < -0.4 is 10.2 Å². The van der Waals surface area contributed by atoms with Gasteiger partial charge in [-0.15, -0.1) is 0 Å². The van der Waals surface area contributed by atoms with Gasteiger partial charge in [-0.3, -0.25) is 0 Å². The van der Waals surface area contributed by atoms with Crippen LogP contribution in [0.15, 0.2) is 42.5 Å². The molecule has 2 aromatic rings. The average Bonchev–Trinajstić information content (AvgIpc) is 2.75. The highest BCUT2D eigenvalue weighted by Gasteiger charge is 2.51. The van der Waals surface area contributed by atoms with Gasteiger partial charge in [-0.1, -0.05) is 29.8 Å². The molecule has 1 aliphatic heterocycles. The van der Waals surface area contributed by atoms with Crippen LogP contribution in [-0.2, 0) is 15.9 Å². The van der Waals surface area contributed by atoms with E-state index in [1.807, 2.05) is 52.0 Å². The Morgan fingerprint density at radius 2 is 1.68 bits per heavy atom. The summed E-state index contributed by atoms with van der Waals surface area (Å²) < 4.78 is 31.7. The van der Waals surface area contributed by atoms with Crippen molar-refractivity contribution >= 4 is 24.2 Å². The minimum atomic E-state index is -0.467. The zero-order chi connectivity index (χ0) is 18.2. The molecule has 132 valence electrons. The molecule has 6 heteroatoms. The Kier molecular flexibility index (Phi) is 4.84. The predicted molar refractivity (Wildman–Crippen MR) is 97.9 cm³/mol. The van der Waals surface area contributed by atoms with Crippen LogP contribution in [0.2, 0.25) is 5.02 Å². The zero-order valence-electron chi connectivity index (χ0n) is 14.8. The molecule has 1 fully saturated rings. The minimum absolute atomic E-state index is 0.0539. The summed E-state index contributed by atoms with van der Waals surface area (Å²) in [4.78, 5) is 0. The predicted octanol–water partition coefficient (Wildman–Crippen LogP) is 4.36. The zero-order valence-corrected chi connectivity index (χ0v) is 15.6. The van der Waals surface area contributed by atoms with Gasteiger partial charge in [-0.05, 0) is 57.4 Å². The van der Waals surface area contributed by atoms with Crippen LogP contribution in [0.25, 0.3) is 0 Å². The van der Waals surface area contributed by atoms with E-state index < -0.39 is 18.3 Å². The van der Waals surface area contributed by atoms with E-state index in [0.717, 1.165) is 5.46 Å². The molecular formula is C19H21BClFO3. The second-order valence-electron chi connectivity index (χ2n) is 7.15. The van der Waals surface area contributed by atoms with Gasteiger partial charge in [0.15, 0.2) is 0 Å². The van der Waals surface area contributed by atoms with Crippen LogP contribution in [0.4, 0.5) is 4.39 Å². The van der Waals surface area contributed by atoms with Gasteiger partial charge in [0, 0.05) is 5.56 Å². The highest BCUT2D eigenvalue weighted by Crippen LogP contribution is 2.36. The molecule has 3 nitrogen and oxygen atoms in total. The highest BCUT2D eigenvalue weighted by atomic mass is 35.5. The van der Waals surface area contributed by atoms with E-state index in [1.165, 1.54) is 6.07 Å². The topological polar surface area (TPSA) is 27.7 Å². The number of rotatable bonds is 4. The van der Waals surface area contributed by atoms with Crippen molar-refractivity contribution in [2.24, 2.45) is 0 Å². The third kappa shape index (κ3) is 3.69. The van der Waals surface area contributed by atoms with Gasteiger partial charge in [0.25, 0.3) is 0 Å². The summed E-state index contributed by atoms with van der Waals surface area (Å²) in [6.45, 7) is 8.08. The summed E-state index contributed by atoms with van der Waals surface area (Å²) >= 11 is 6.03. The second-order valence-corrected chi connectivity index (χ2v) is 7.56.